The van der Waals surface area contributed by atoms with Crippen molar-refractivity contribution in [1.29, 1.82) is 0 Å². The molecule has 1 aliphatic rings. The molecule has 2 aromatic carbocycles. The van der Waals surface area contributed by atoms with Crippen LogP contribution in [0.15, 0.2) is 47.4 Å². The fraction of sp³-hybridized carbons (Fsp3) is 0.409. The third-order valence-corrected chi connectivity index (χ3v) is 6.15. The Morgan fingerprint density at radius 3 is 2.52 bits per heavy atom. The van der Waals surface area contributed by atoms with E-state index in [0.29, 0.717) is 34.3 Å². The van der Waals surface area contributed by atoms with E-state index in [2.05, 4.69) is 42.4 Å². The number of para-hydroxylation sites is 1. The number of nitrogens with zero attached hydrogens (tertiary/aromatic N) is 1. The van der Waals surface area contributed by atoms with Gasteiger partial charge in [-0.1, -0.05) is 49.9 Å². The second-order valence-electron chi connectivity index (χ2n) is 7.61. The minimum absolute atomic E-state index is 0.0733. The molecule has 0 aliphatic carbocycles. The third-order valence-electron chi connectivity index (χ3n) is 5.37. The quantitative estimate of drug-likeness (QED) is 0.562. The van der Waals surface area contributed by atoms with E-state index in [4.69, 9.17) is 0 Å². The molecule has 7 heteroatoms. The van der Waals surface area contributed by atoms with E-state index < -0.39 is 5.76 Å². The van der Waals surface area contributed by atoms with Crippen LogP contribution in [0.2, 0.25) is 0 Å². The molecule has 1 unspecified atom stereocenters. The fourth-order valence-corrected chi connectivity index (χ4v) is 4.06. The second-order valence-corrected chi connectivity index (χ2v) is 8.64. The van der Waals surface area contributed by atoms with Gasteiger partial charge in [0, 0.05) is 29.7 Å². The third kappa shape index (κ3) is 5.48. The van der Waals surface area contributed by atoms with Crippen LogP contribution in [0.5, 0.6) is 0 Å². The predicted octanol–water partition coefficient (Wildman–Crippen LogP) is 5.41. The molecule has 0 aromatic heterocycles. The first-order valence-electron chi connectivity index (χ1n) is 9.77. The van der Waals surface area contributed by atoms with Gasteiger partial charge in [0.2, 0.25) is 5.91 Å². The number of hydrogen-bond donors (Lipinski definition) is 2. The molecule has 0 bridgehead atoms. The number of anilines is 2. The van der Waals surface area contributed by atoms with E-state index in [1.54, 1.807) is 24.3 Å². The van der Waals surface area contributed by atoms with Crippen molar-refractivity contribution in [2.75, 3.05) is 17.2 Å². The van der Waals surface area contributed by atoms with Crippen molar-refractivity contribution in [2.24, 2.45) is 5.92 Å². The highest BCUT2D eigenvalue weighted by Crippen LogP contribution is 2.33. The zero-order valence-electron chi connectivity index (χ0n) is 16.9. The highest BCUT2D eigenvalue weighted by Gasteiger charge is 2.26. The number of benzene rings is 2. The molecule has 0 spiro atoms. The number of thioether (sulfide) groups is 1. The van der Waals surface area contributed by atoms with E-state index in [9.17, 15) is 13.6 Å². The smallest absolute Gasteiger partial charge is 0.288 e. The van der Waals surface area contributed by atoms with Crippen LogP contribution in [0, 0.1) is 5.92 Å². The number of amides is 1. The molecular weight excluding hydrogens is 392 g/mol. The van der Waals surface area contributed by atoms with E-state index in [0.717, 1.165) is 18.8 Å². The first-order chi connectivity index (χ1) is 13.8. The van der Waals surface area contributed by atoms with Crippen molar-refractivity contribution in [2.45, 2.75) is 50.6 Å². The molecule has 2 aromatic rings. The Morgan fingerprint density at radius 1 is 1.07 bits per heavy atom. The Morgan fingerprint density at radius 2 is 1.79 bits per heavy atom. The molecule has 1 atom stereocenters. The maximum absolute atomic E-state index is 12.7. The number of hydrogen-bond acceptors (Lipinski definition) is 4. The van der Waals surface area contributed by atoms with Crippen LogP contribution in [0.4, 0.5) is 20.2 Å². The van der Waals surface area contributed by atoms with Crippen molar-refractivity contribution >= 4 is 29.0 Å². The lowest BCUT2D eigenvalue weighted by atomic mass is 10.1. The molecule has 0 saturated heterocycles. The summed E-state index contributed by atoms with van der Waals surface area (Å²) < 4.78 is 25.4. The summed E-state index contributed by atoms with van der Waals surface area (Å²) in [5.74, 6) is -2.23. The normalized spacial score (nSPS) is 14.9. The van der Waals surface area contributed by atoms with Gasteiger partial charge in [0.1, 0.15) is 0 Å². The first kappa shape index (κ1) is 21.6. The lowest BCUT2D eigenvalue weighted by Crippen LogP contribution is -2.32. The van der Waals surface area contributed by atoms with Crippen LogP contribution in [-0.2, 0) is 17.9 Å². The number of nitrogens with one attached hydrogen (secondary N) is 2. The zero-order chi connectivity index (χ0) is 21.0. The predicted molar refractivity (Wildman–Crippen MR) is 115 cm³/mol. The van der Waals surface area contributed by atoms with Gasteiger partial charge in [-0.05, 0) is 42.2 Å². The Labute approximate surface area is 175 Å². The number of fused-ring (bicyclic) bond motifs is 1. The second kappa shape index (κ2) is 9.59. The highest BCUT2D eigenvalue weighted by molar-refractivity contribution is 7.99. The molecule has 1 amide bonds. The summed E-state index contributed by atoms with van der Waals surface area (Å²) in [4.78, 5) is 15.2. The number of carbonyl (C=O) groups excluding carboxylic acids is 1. The summed E-state index contributed by atoms with van der Waals surface area (Å²) in [6.07, 6.45) is 0. The minimum Gasteiger partial charge on any atom is -0.376 e. The lowest BCUT2D eigenvalue weighted by molar-refractivity contribution is -0.114. The van der Waals surface area contributed by atoms with Crippen LogP contribution in [0.25, 0.3) is 0 Å². The molecule has 156 valence electrons. The molecule has 4 nitrogen and oxygen atoms in total. The molecule has 2 N–H and O–H groups in total. The summed E-state index contributed by atoms with van der Waals surface area (Å²) in [7, 11) is 0. The lowest BCUT2D eigenvalue weighted by Gasteiger charge is -2.27. The number of rotatable bonds is 8. The topological polar surface area (TPSA) is 44.4 Å². The van der Waals surface area contributed by atoms with Crippen LogP contribution < -0.4 is 10.6 Å². The molecule has 1 aliphatic heterocycles. The number of halogens is 2. The van der Waals surface area contributed by atoms with Gasteiger partial charge < -0.3 is 10.6 Å². The van der Waals surface area contributed by atoms with Gasteiger partial charge in [-0.15, -0.1) is 0 Å². The minimum atomic E-state index is -2.53. The van der Waals surface area contributed by atoms with Crippen molar-refractivity contribution in [3.8, 4) is 0 Å². The first-order valence-corrected chi connectivity index (χ1v) is 10.7. The summed E-state index contributed by atoms with van der Waals surface area (Å²) in [5.41, 5.74) is 3.86. The maximum atomic E-state index is 12.7. The summed E-state index contributed by atoms with van der Waals surface area (Å²) in [5, 5.41) is 5.95. The van der Waals surface area contributed by atoms with E-state index >= 15 is 0 Å². The van der Waals surface area contributed by atoms with E-state index in [-0.39, 0.29) is 12.5 Å². The van der Waals surface area contributed by atoms with Crippen molar-refractivity contribution in [3.63, 3.8) is 0 Å². The van der Waals surface area contributed by atoms with Gasteiger partial charge in [-0.3, -0.25) is 9.69 Å². The molecule has 0 fully saturated rings. The van der Waals surface area contributed by atoms with Crippen molar-refractivity contribution in [3.05, 3.63) is 53.6 Å². The number of carbonyl (C=O) groups is 1. The van der Waals surface area contributed by atoms with Crippen molar-refractivity contribution in [1.82, 2.24) is 4.90 Å². The summed E-state index contributed by atoms with van der Waals surface area (Å²) in [6, 6.07) is 13.2. The largest absolute Gasteiger partial charge is 0.376 e. The Kier molecular flexibility index (Phi) is 7.14. The average Bonchev–Trinajstić information content (AvgIpc) is 3.11. The molecule has 1 heterocycles. The Bertz CT molecular complexity index is 860. The highest BCUT2D eigenvalue weighted by atomic mass is 32.2. The molecular formula is C22H27F2N3OS. The standard InChI is InChI=1S/C22H27F2N3OS/c1-14(2)15(3)27-12-16-7-6-9-18(17(16)13-27)25-11-21(28)26-19-8-4-5-10-20(19)29-22(23)24/h4-10,14-15,22,25H,11-13H2,1-3H3,(H,26,28). The Hall–Kier alpha value is -2.12. The fourth-order valence-electron chi connectivity index (χ4n) is 3.46. The summed E-state index contributed by atoms with van der Waals surface area (Å²) in [6.45, 7) is 8.53. The van der Waals surface area contributed by atoms with Crippen LogP contribution >= 0.6 is 11.8 Å². The Balaban J connectivity index is 1.63. The van der Waals surface area contributed by atoms with Gasteiger partial charge in [-0.2, -0.15) is 8.78 Å². The van der Waals surface area contributed by atoms with Crippen LogP contribution in [-0.4, -0.2) is 29.2 Å². The molecule has 0 radical (unpaired) electrons. The monoisotopic (exact) mass is 419 g/mol. The average molecular weight is 420 g/mol. The van der Waals surface area contributed by atoms with Gasteiger partial charge in [0.25, 0.3) is 5.76 Å². The van der Waals surface area contributed by atoms with Gasteiger partial charge >= 0.3 is 0 Å². The van der Waals surface area contributed by atoms with Gasteiger partial charge in [-0.25, -0.2) is 0 Å². The SMILES string of the molecule is CC(C)C(C)N1Cc2cccc(NCC(=O)Nc3ccccc3SC(F)F)c2C1. The number of alkyl halides is 2. The van der Waals surface area contributed by atoms with E-state index in [1.165, 1.54) is 11.1 Å². The van der Waals surface area contributed by atoms with Crippen molar-refractivity contribution < 1.29 is 13.6 Å². The summed E-state index contributed by atoms with van der Waals surface area (Å²) >= 11 is 0.429. The van der Waals surface area contributed by atoms with Gasteiger partial charge in [0.05, 0.1) is 12.2 Å². The van der Waals surface area contributed by atoms with E-state index in [1.807, 2.05) is 12.1 Å². The van der Waals surface area contributed by atoms with Crippen LogP contribution in [0.1, 0.15) is 31.9 Å². The molecule has 3 rings (SSSR count). The zero-order valence-corrected chi connectivity index (χ0v) is 17.7. The molecule has 29 heavy (non-hydrogen) atoms. The molecule has 0 saturated carbocycles. The maximum Gasteiger partial charge on any atom is 0.288 e. The van der Waals surface area contributed by atoms with Crippen LogP contribution in [0.3, 0.4) is 0 Å². The van der Waals surface area contributed by atoms with Gasteiger partial charge in [0.15, 0.2) is 0 Å².